The van der Waals surface area contributed by atoms with Gasteiger partial charge in [0.25, 0.3) is 0 Å². The van der Waals surface area contributed by atoms with Crippen LogP contribution in [-0.4, -0.2) is 54.3 Å². The highest BCUT2D eigenvalue weighted by atomic mass is 19.4. The molecule has 5 rings (SSSR count). The molecule has 1 heterocycles. The fraction of sp³-hybridized carbons (Fsp3) is 0.500. The van der Waals surface area contributed by atoms with Crippen LogP contribution in [0.4, 0.5) is 13.2 Å². The molecule has 3 unspecified atom stereocenters. The van der Waals surface area contributed by atoms with E-state index >= 15 is 0 Å². The zero-order valence-electron chi connectivity index (χ0n) is 21.6. The van der Waals surface area contributed by atoms with E-state index in [9.17, 15) is 23.1 Å². The van der Waals surface area contributed by atoms with Crippen LogP contribution in [0.1, 0.15) is 55.2 Å². The second-order valence-corrected chi connectivity index (χ2v) is 11.2. The summed E-state index contributed by atoms with van der Waals surface area (Å²) in [5, 5.41) is 15.2. The molecule has 204 valence electrons. The van der Waals surface area contributed by atoms with Gasteiger partial charge in [-0.15, -0.1) is 0 Å². The van der Waals surface area contributed by atoms with Crippen molar-refractivity contribution in [2.24, 2.45) is 5.92 Å². The number of amides is 1. The number of hydrogen-bond acceptors (Lipinski definition) is 4. The van der Waals surface area contributed by atoms with Gasteiger partial charge in [0, 0.05) is 30.6 Å². The summed E-state index contributed by atoms with van der Waals surface area (Å²) in [6, 6.07) is 12.6. The number of rotatable bonds is 7. The fourth-order valence-electron chi connectivity index (χ4n) is 6.36. The topological polar surface area (TPSA) is 61.8 Å². The maximum atomic E-state index is 13.0. The molecule has 0 radical (unpaired) electrons. The Morgan fingerprint density at radius 2 is 1.95 bits per heavy atom. The summed E-state index contributed by atoms with van der Waals surface area (Å²) in [6.45, 7) is 2.51. The van der Waals surface area contributed by atoms with Gasteiger partial charge in [-0.2, -0.15) is 13.2 Å². The number of benzene rings is 2. The molecule has 2 N–H and O–H groups in total. The molecular formula is C30H35F3N2O3. The third kappa shape index (κ3) is 5.61. The fourth-order valence-corrected chi connectivity index (χ4v) is 6.36. The summed E-state index contributed by atoms with van der Waals surface area (Å²) in [5.41, 5.74) is -0.892. The number of hydrogen-bond donors (Lipinski definition) is 2. The van der Waals surface area contributed by atoms with E-state index in [1.165, 1.54) is 37.1 Å². The van der Waals surface area contributed by atoms with Gasteiger partial charge >= 0.3 is 6.18 Å². The van der Waals surface area contributed by atoms with Crippen molar-refractivity contribution in [2.45, 2.75) is 61.8 Å². The van der Waals surface area contributed by atoms with Crippen LogP contribution in [0.15, 0.2) is 54.6 Å². The standard InChI is InChI=1S/C30H35F3N2O3/c1-38-26-7-3-5-23(17-26)28-14-15-35(19-22-8-9-22)20-29(28,37)13-12-25(18-28)34-27(36)11-10-21-4-2-6-24(16-21)30(31,32)33/h2-7,10-11,16-17,22,25,37H,8-9,12-15,18-20H2,1H3,(H,34,36)/b11-10+. The lowest BCUT2D eigenvalue weighted by atomic mass is 9.55. The van der Waals surface area contributed by atoms with E-state index in [2.05, 4.69) is 10.2 Å². The van der Waals surface area contributed by atoms with Crippen molar-refractivity contribution >= 4 is 12.0 Å². The molecule has 0 aromatic heterocycles. The molecule has 3 fully saturated rings. The minimum atomic E-state index is -4.44. The molecule has 3 aliphatic rings. The Morgan fingerprint density at radius 3 is 2.68 bits per heavy atom. The van der Waals surface area contributed by atoms with Crippen LogP contribution in [0, 0.1) is 5.92 Å². The van der Waals surface area contributed by atoms with Gasteiger partial charge in [-0.25, -0.2) is 0 Å². The second kappa shape index (κ2) is 10.4. The van der Waals surface area contributed by atoms with Gasteiger partial charge in [0.2, 0.25) is 5.91 Å². The van der Waals surface area contributed by atoms with Crippen molar-refractivity contribution in [3.63, 3.8) is 0 Å². The lowest BCUT2D eigenvalue weighted by Gasteiger charge is -2.58. The molecular weight excluding hydrogens is 493 g/mol. The Balaban J connectivity index is 1.34. The quantitative estimate of drug-likeness (QED) is 0.486. The number of aliphatic hydroxyl groups is 1. The number of carbonyl (C=O) groups is 1. The first-order valence-electron chi connectivity index (χ1n) is 13.4. The Kier molecular flexibility index (Phi) is 7.31. The molecule has 38 heavy (non-hydrogen) atoms. The zero-order valence-corrected chi connectivity index (χ0v) is 21.6. The monoisotopic (exact) mass is 528 g/mol. The number of methoxy groups -OCH3 is 1. The smallest absolute Gasteiger partial charge is 0.416 e. The van der Waals surface area contributed by atoms with E-state index in [1.807, 2.05) is 24.3 Å². The van der Waals surface area contributed by atoms with Gasteiger partial charge in [-0.3, -0.25) is 4.79 Å². The van der Waals surface area contributed by atoms with Gasteiger partial charge in [-0.05, 0) is 92.5 Å². The van der Waals surface area contributed by atoms with E-state index in [4.69, 9.17) is 4.74 Å². The van der Waals surface area contributed by atoms with E-state index in [0.717, 1.165) is 48.9 Å². The highest BCUT2D eigenvalue weighted by Gasteiger charge is 2.57. The van der Waals surface area contributed by atoms with Crippen molar-refractivity contribution in [3.05, 3.63) is 71.3 Å². The number of nitrogens with one attached hydrogen (secondary N) is 1. The van der Waals surface area contributed by atoms with Crippen molar-refractivity contribution in [2.75, 3.05) is 26.7 Å². The molecule has 1 aliphatic heterocycles. The van der Waals surface area contributed by atoms with Crippen LogP contribution in [0.5, 0.6) is 5.75 Å². The average Bonchev–Trinajstić information content (AvgIpc) is 3.71. The predicted molar refractivity (Wildman–Crippen MR) is 140 cm³/mol. The Labute approximate surface area is 221 Å². The van der Waals surface area contributed by atoms with Crippen molar-refractivity contribution in [3.8, 4) is 5.75 Å². The maximum Gasteiger partial charge on any atom is 0.416 e. The number of alkyl halides is 3. The number of fused-ring (bicyclic) bond motifs is 1. The Bertz CT molecular complexity index is 1200. The van der Waals surface area contributed by atoms with Gasteiger partial charge in [0.15, 0.2) is 0 Å². The predicted octanol–water partition coefficient (Wildman–Crippen LogP) is 5.18. The molecule has 5 nitrogen and oxygen atoms in total. The summed E-state index contributed by atoms with van der Waals surface area (Å²) in [7, 11) is 1.63. The molecule has 8 heteroatoms. The molecule has 2 saturated carbocycles. The van der Waals surface area contributed by atoms with Crippen LogP contribution < -0.4 is 10.1 Å². The molecule has 2 aliphatic carbocycles. The van der Waals surface area contributed by atoms with Crippen molar-refractivity contribution in [1.82, 2.24) is 10.2 Å². The second-order valence-electron chi connectivity index (χ2n) is 11.2. The summed E-state index contributed by atoms with van der Waals surface area (Å²) >= 11 is 0. The van der Waals surface area contributed by atoms with E-state index in [0.29, 0.717) is 31.4 Å². The number of nitrogens with zero attached hydrogens (tertiary/aromatic N) is 1. The van der Waals surface area contributed by atoms with Crippen molar-refractivity contribution in [1.29, 1.82) is 0 Å². The minimum Gasteiger partial charge on any atom is -0.497 e. The Hall–Kier alpha value is -2.84. The lowest BCUT2D eigenvalue weighted by molar-refractivity contribution is -0.137. The average molecular weight is 529 g/mol. The zero-order chi connectivity index (χ0) is 27.0. The SMILES string of the molecule is COc1cccc(C23CCN(CC4CC4)CC2(O)CCC(NC(=O)/C=C/c2cccc(C(F)(F)F)c2)C3)c1. The summed E-state index contributed by atoms with van der Waals surface area (Å²) in [6.07, 6.45) is 3.30. The van der Waals surface area contributed by atoms with Gasteiger partial charge < -0.3 is 20.1 Å². The summed E-state index contributed by atoms with van der Waals surface area (Å²) in [5.74, 6) is 1.11. The first-order valence-corrected chi connectivity index (χ1v) is 13.4. The Morgan fingerprint density at radius 1 is 1.16 bits per heavy atom. The third-order valence-electron chi connectivity index (χ3n) is 8.56. The van der Waals surface area contributed by atoms with Gasteiger partial charge in [-0.1, -0.05) is 24.3 Å². The molecule has 3 atom stereocenters. The van der Waals surface area contributed by atoms with Crippen LogP contribution >= 0.6 is 0 Å². The molecule has 2 aromatic carbocycles. The molecule has 2 aromatic rings. The van der Waals surface area contributed by atoms with E-state index in [-0.39, 0.29) is 11.9 Å². The largest absolute Gasteiger partial charge is 0.497 e. The number of halogens is 3. The minimum absolute atomic E-state index is 0.171. The first kappa shape index (κ1) is 26.8. The molecule has 0 bridgehead atoms. The van der Waals surface area contributed by atoms with Crippen LogP contribution in [-0.2, 0) is 16.4 Å². The van der Waals surface area contributed by atoms with Crippen LogP contribution in [0.3, 0.4) is 0 Å². The van der Waals surface area contributed by atoms with E-state index < -0.39 is 22.8 Å². The number of ether oxygens (including phenoxy) is 1. The first-order chi connectivity index (χ1) is 18.1. The normalized spacial score (nSPS) is 28.2. The molecule has 1 saturated heterocycles. The lowest BCUT2D eigenvalue weighted by Crippen LogP contribution is -2.67. The highest BCUT2D eigenvalue weighted by molar-refractivity contribution is 5.92. The van der Waals surface area contributed by atoms with Crippen LogP contribution in [0.2, 0.25) is 0 Å². The van der Waals surface area contributed by atoms with Gasteiger partial charge in [0.05, 0.1) is 18.3 Å². The summed E-state index contributed by atoms with van der Waals surface area (Å²) < 4.78 is 44.6. The van der Waals surface area contributed by atoms with Gasteiger partial charge in [0.1, 0.15) is 5.75 Å². The number of carbonyl (C=O) groups excluding carboxylic acids is 1. The summed E-state index contributed by atoms with van der Waals surface area (Å²) in [4.78, 5) is 15.2. The number of likely N-dealkylation sites (tertiary alicyclic amines) is 1. The third-order valence-corrected chi connectivity index (χ3v) is 8.56. The molecule has 1 amide bonds. The highest BCUT2D eigenvalue weighted by Crippen LogP contribution is 2.52. The van der Waals surface area contributed by atoms with Crippen molar-refractivity contribution < 1.29 is 27.8 Å². The number of β-amino-alcohol motifs (C(OH)–C–C–N with tert-alkyl or cyclic N) is 1. The van der Waals surface area contributed by atoms with E-state index in [1.54, 1.807) is 7.11 Å². The number of piperidine rings is 1. The van der Waals surface area contributed by atoms with Crippen LogP contribution in [0.25, 0.3) is 6.08 Å². The molecule has 0 spiro atoms. The maximum absolute atomic E-state index is 13.0.